The van der Waals surface area contributed by atoms with Crippen LogP contribution in [0.2, 0.25) is 0 Å². The number of methoxy groups -OCH3 is 2. The van der Waals surface area contributed by atoms with Gasteiger partial charge in [0.05, 0.1) is 24.5 Å². The molecule has 0 aliphatic rings. The van der Waals surface area contributed by atoms with E-state index < -0.39 is 21.1 Å². The topological polar surface area (TPSA) is 69.7 Å². The molecule has 0 saturated heterocycles. The Morgan fingerprint density at radius 1 is 1.33 bits per heavy atom. The summed E-state index contributed by atoms with van der Waals surface area (Å²) in [6.45, 7) is 1.92. The van der Waals surface area contributed by atoms with Gasteiger partial charge >= 0.3 is 5.97 Å². The second-order valence-electron chi connectivity index (χ2n) is 3.30. The Bertz CT molecular complexity index is 283. The van der Waals surface area contributed by atoms with E-state index in [1.54, 1.807) is 0 Å². The Morgan fingerprint density at radius 2 is 1.93 bits per heavy atom. The van der Waals surface area contributed by atoms with Crippen LogP contribution in [0.3, 0.4) is 0 Å². The van der Waals surface area contributed by atoms with Crippen LogP contribution in [0.1, 0.15) is 19.8 Å². The molecule has 0 amide bonds. The minimum Gasteiger partial charge on any atom is -0.469 e. The Balaban J connectivity index is 4.14. The zero-order valence-corrected chi connectivity index (χ0v) is 10.2. The minimum atomic E-state index is -3.22. The highest BCUT2D eigenvalue weighted by atomic mass is 32.2. The van der Waals surface area contributed by atoms with Crippen LogP contribution in [0.15, 0.2) is 0 Å². The van der Waals surface area contributed by atoms with Crippen molar-refractivity contribution in [3.8, 4) is 0 Å². The van der Waals surface area contributed by atoms with E-state index in [1.807, 2.05) is 0 Å². The highest BCUT2D eigenvalue weighted by Gasteiger charge is 2.23. The Hall–Kier alpha value is -0.620. The summed E-state index contributed by atoms with van der Waals surface area (Å²) < 4.78 is 32.4. The van der Waals surface area contributed by atoms with Gasteiger partial charge in [0, 0.05) is 13.7 Å². The van der Waals surface area contributed by atoms with E-state index in [0.717, 1.165) is 0 Å². The SMILES string of the molecule is COCCCS(=O)(=O)C(C)CC(=O)OC. The molecule has 0 heterocycles. The smallest absolute Gasteiger partial charge is 0.306 e. The van der Waals surface area contributed by atoms with Crippen LogP contribution >= 0.6 is 0 Å². The van der Waals surface area contributed by atoms with Crippen molar-refractivity contribution in [3.63, 3.8) is 0 Å². The van der Waals surface area contributed by atoms with Crippen LogP contribution < -0.4 is 0 Å². The molecule has 0 aromatic carbocycles. The lowest BCUT2D eigenvalue weighted by molar-refractivity contribution is -0.140. The van der Waals surface area contributed by atoms with Gasteiger partial charge in [-0.3, -0.25) is 4.79 Å². The van der Waals surface area contributed by atoms with Gasteiger partial charge in [-0.1, -0.05) is 0 Å². The molecule has 1 atom stereocenters. The number of carbonyl (C=O) groups excluding carboxylic acids is 1. The van der Waals surface area contributed by atoms with E-state index in [-0.39, 0.29) is 12.2 Å². The van der Waals surface area contributed by atoms with Crippen molar-refractivity contribution in [2.45, 2.75) is 25.0 Å². The fourth-order valence-corrected chi connectivity index (χ4v) is 2.36. The minimum absolute atomic E-state index is 0.0407. The molecule has 0 bridgehead atoms. The molecular formula is C9H18O5S. The van der Waals surface area contributed by atoms with Crippen LogP contribution in [0.5, 0.6) is 0 Å². The fraction of sp³-hybridized carbons (Fsp3) is 0.889. The first kappa shape index (κ1) is 14.4. The highest BCUT2D eigenvalue weighted by Crippen LogP contribution is 2.08. The van der Waals surface area contributed by atoms with E-state index in [9.17, 15) is 13.2 Å². The number of hydrogen-bond acceptors (Lipinski definition) is 5. The van der Waals surface area contributed by atoms with Crippen LogP contribution in [-0.4, -0.2) is 46.2 Å². The summed E-state index contributed by atoms with van der Waals surface area (Å²) >= 11 is 0. The zero-order chi connectivity index (χ0) is 11.9. The van der Waals surface area contributed by atoms with Crippen molar-refractivity contribution in [2.24, 2.45) is 0 Å². The molecule has 0 aromatic rings. The lowest BCUT2D eigenvalue weighted by atomic mass is 10.3. The Kier molecular flexibility index (Phi) is 6.51. The first-order chi connectivity index (χ1) is 6.94. The predicted molar refractivity (Wildman–Crippen MR) is 56.4 cm³/mol. The first-order valence-corrected chi connectivity index (χ1v) is 6.43. The third-order valence-electron chi connectivity index (χ3n) is 2.07. The summed E-state index contributed by atoms with van der Waals surface area (Å²) in [6.07, 6.45) is 0.357. The lowest BCUT2D eigenvalue weighted by Crippen LogP contribution is -2.25. The van der Waals surface area contributed by atoms with E-state index in [2.05, 4.69) is 4.74 Å². The monoisotopic (exact) mass is 238 g/mol. The molecule has 0 spiro atoms. The van der Waals surface area contributed by atoms with Crippen LogP contribution in [0, 0.1) is 0 Å². The number of esters is 1. The summed E-state index contributed by atoms with van der Waals surface area (Å²) in [6, 6.07) is 0. The van der Waals surface area contributed by atoms with Crippen molar-refractivity contribution in [3.05, 3.63) is 0 Å². The largest absolute Gasteiger partial charge is 0.469 e. The number of sulfone groups is 1. The Morgan fingerprint density at radius 3 is 2.40 bits per heavy atom. The van der Waals surface area contributed by atoms with E-state index in [0.29, 0.717) is 13.0 Å². The molecule has 90 valence electrons. The van der Waals surface area contributed by atoms with Crippen molar-refractivity contribution in [1.29, 1.82) is 0 Å². The van der Waals surface area contributed by atoms with Gasteiger partial charge in [-0.15, -0.1) is 0 Å². The molecule has 0 aromatic heterocycles. The third-order valence-corrected chi connectivity index (χ3v) is 4.32. The maximum atomic E-state index is 11.6. The quantitative estimate of drug-likeness (QED) is 0.474. The number of hydrogen-bond donors (Lipinski definition) is 0. The molecule has 0 radical (unpaired) electrons. The summed E-state index contributed by atoms with van der Waals surface area (Å²) in [4.78, 5) is 10.9. The van der Waals surface area contributed by atoms with Crippen LogP contribution in [0.25, 0.3) is 0 Å². The number of ether oxygens (including phenoxy) is 2. The zero-order valence-electron chi connectivity index (χ0n) is 9.36. The second-order valence-corrected chi connectivity index (χ2v) is 5.84. The average molecular weight is 238 g/mol. The summed E-state index contributed by atoms with van der Waals surface area (Å²) in [5, 5.41) is -0.693. The summed E-state index contributed by atoms with van der Waals surface area (Å²) in [5.41, 5.74) is 0. The van der Waals surface area contributed by atoms with Crippen molar-refractivity contribution in [2.75, 3.05) is 26.6 Å². The molecule has 0 rings (SSSR count). The van der Waals surface area contributed by atoms with Gasteiger partial charge in [0.15, 0.2) is 9.84 Å². The maximum Gasteiger partial charge on any atom is 0.306 e. The van der Waals surface area contributed by atoms with Crippen LogP contribution in [0.4, 0.5) is 0 Å². The molecule has 15 heavy (non-hydrogen) atoms. The van der Waals surface area contributed by atoms with Gasteiger partial charge in [-0.2, -0.15) is 0 Å². The lowest BCUT2D eigenvalue weighted by Gasteiger charge is -2.11. The van der Waals surface area contributed by atoms with Crippen molar-refractivity contribution < 1.29 is 22.7 Å². The van der Waals surface area contributed by atoms with Gasteiger partial charge in [-0.05, 0) is 13.3 Å². The first-order valence-electron chi connectivity index (χ1n) is 4.71. The van der Waals surface area contributed by atoms with E-state index in [4.69, 9.17) is 4.74 Å². The van der Waals surface area contributed by atoms with Gasteiger partial charge in [0.1, 0.15) is 0 Å². The maximum absolute atomic E-state index is 11.6. The van der Waals surface area contributed by atoms with Gasteiger partial charge in [0.25, 0.3) is 0 Å². The fourth-order valence-electron chi connectivity index (χ4n) is 1.05. The molecule has 0 aliphatic heterocycles. The number of rotatable bonds is 7. The molecule has 0 N–H and O–H groups in total. The van der Waals surface area contributed by atoms with Gasteiger partial charge in [0.2, 0.25) is 0 Å². The van der Waals surface area contributed by atoms with Crippen molar-refractivity contribution in [1.82, 2.24) is 0 Å². The normalized spacial score (nSPS) is 13.5. The molecule has 5 nitrogen and oxygen atoms in total. The molecule has 1 unspecified atom stereocenters. The molecule has 0 saturated carbocycles. The summed E-state index contributed by atoms with van der Waals surface area (Å²) in [7, 11) is -0.458. The van der Waals surface area contributed by atoms with Crippen molar-refractivity contribution >= 4 is 15.8 Å². The van der Waals surface area contributed by atoms with Gasteiger partial charge < -0.3 is 9.47 Å². The number of carbonyl (C=O) groups is 1. The summed E-state index contributed by atoms with van der Waals surface area (Å²) in [5.74, 6) is -0.461. The predicted octanol–water partition coefficient (Wildman–Crippen LogP) is 0.389. The second kappa shape index (κ2) is 6.79. The van der Waals surface area contributed by atoms with Gasteiger partial charge in [-0.25, -0.2) is 8.42 Å². The average Bonchev–Trinajstić information content (AvgIpc) is 2.17. The third kappa shape index (κ3) is 5.74. The standard InChI is InChI=1S/C9H18O5S/c1-8(7-9(10)14-3)15(11,12)6-4-5-13-2/h8H,4-7H2,1-3H3. The molecule has 0 fully saturated rings. The van der Waals surface area contributed by atoms with Crippen LogP contribution in [-0.2, 0) is 24.1 Å². The molecule has 0 aliphatic carbocycles. The van der Waals surface area contributed by atoms with E-state index >= 15 is 0 Å². The van der Waals surface area contributed by atoms with E-state index in [1.165, 1.54) is 21.1 Å². The highest BCUT2D eigenvalue weighted by molar-refractivity contribution is 7.92. The Labute approximate surface area is 90.7 Å². The molecular weight excluding hydrogens is 220 g/mol. The molecule has 6 heteroatoms.